The van der Waals surface area contributed by atoms with Crippen LogP contribution in [-0.2, 0) is 20.8 Å². The molecule has 0 saturated carbocycles. The van der Waals surface area contributed by atoms with Crippen molar-refractivity contribution in [1.29, 1.82) is 0 Å². The number of carbonyl (C=O) groups excluding carboxylic acids is 3. The summed E-state index contributed by atoms with van der Waals surface area (Å²) in [5.74, 6) is -0.548. The van der Waals surface area contributed by atoms with Crippen LogP contribution in [0.4, 0.5) is 0 Å². The van der Waals surface area contributed by atoms with Gasteiger partial charge in [-0.25, -0.2) is 0 Å². The van der Waals surface area contributed by atoms with Gasteiger partial charge in [-0.05, 0) is 17.9 Å². The molecule has 1 aromatic carbocycles. The van der Waals surface area contributed by atoms with E-state index in [0.717, 1.165) is 10.5 Å². The third-order valence-corrected chi connectivity index (χ3v) is 4.24. The normalized spacial score (nSPS) is 22.0. The van der Waals surface area contributed by atoms with Crippen LogP contribution >= 0.6 is 0 Å². The number of hydrogen-bond acceptors (Lipinski definition) is 3. The van der Waals surface area contributed by atoms with Crippen LogP contribution < -0.4 is 0 Å². The zero-order chi connectivity index (χ0) is 17.1. The molecule has 1 saturated heterocycles. The fourth-order valence-electron chi connectivity index (χ4n) is 3.07. The van der Waals surface area contributed by atoms with Crippen molar-refractivity contribution in [2.24, 2.45) is 5.92 Å². The summed E-state index contributed by atoms with van der Waals surface area (Å²) in [6.45, 7) is 5.35. The molecule has 1 fully saturated rings. The Morgan fingerprint density at radius 1 is 1.09 bits per heavy atom. The SMILES string of the molecule is CC(=O)N1C(=O)[C@H](CC(C)C)N(C)C(=O)[C@@H]1Cc1ccccc1. The second-order valence-electron chi connectivity index (χ2n) is 6.53. The van der Waals surface area contributed by atoms with Crippen LogP contribution in [0.1, 0.15) is 32.8 Å². The van der Waals surface area contributed by atoms with E-state index < -0.39 is 12.1 Å². The molecule has 0 radical (unpaired) electrons. The van der Waals surface area contributed by atoms with Crippen molar-refractivity contribution in [1.82, 2.24) is 9.80 Å². The number of benzene rings is 1. The first-order valence-electron chi connectivity index (χ1n) is 7.97. The van der Waals surface area contributed by atoms with E-state index in [9.17, 15) is 14.4 Å². The Kier molecular flexibility index (Phi) is 5.19. The summed E-state index contributed by atoms with van der Waals surface area (Å²) in [6, 6.07) is 8.15. The summed E-state index contributed by atoms with van der Waals surface area (Å²) in [5, 5.41) is 0. The molecule has 3 amide bonds. The van der Waals surface area contributed by atoms with Crippen LogP contribution in [0, 0.1) is 5.92 Å². The second kappa shape index (κ2) is 6.94. The summed E-state index contributed by atoms with van der Waals surface area (Å²) in [4.78, 5) is 40.2. The van der Waals surface area contributed by atoms with Gasteiger partial charge in [0.05, 0.1) is 0 Å². The van der Waals surface area contributed by atoms with Crippen LogP contribution in [-0.4, -0.2) is 46.7 Å². The van der Waals surface area contributed by atoms with Crippen molar-refractivity contribution in [3.05, 3.63) is 35.9 Å². The third-order valence-electron chi connectivity index (χ3n) is 4.24. The molecule has 0 N–H and O–H groups in total. The Hall–Kier alpha value is -2.17. The molecule has 1 aromatic rings. The molecule has 0 aliphatic carbocycles. The fourth-order valence-corrected chi connectivity index (χ4v) is 3.07. The van der Waals surface area contributed by atoms with Crippen molar-refractivity contribution in [2.75, 3.05) is 7.05 Å². The number of rotatable bonds is 4. The summed E-state index contributed by atoms with van der Waals surface area (Å²) in [5.41, 5.74) is 0.931. The van der Waals surface area contributed by atoms with E-state index in [-0.39, 0.29) is 23.6 Å². The Balaban J connectivity index is 2.32. The highest BCUT2D eigenvalue weighted by Crippen LogP contribution is 2.24. The average molecular weight is 316 g/mol. The minimum absolute atomic E-state index is 0.172. The maximum absolute atomic E-state index is 12.8. The molecule has 1 aliphatic rings. The molecule has 2 rings (SSSR count). The van der Waals surface area contributed by atoms with Crippen LogP contribution in [0.15, 0.2) is 30.3 Å². The lowest BCUT2D eigenvalue weighted by Crippen LogP contribution is -2.65. The van der Waals surface area contributed by atoms with Gasteiger partial charge in [0.2, 0.25) is 11.8 Å². The first kappa shape index (κ1) is 17.2. The van der Waals surface area contributed by atoms with Gasteiger partial charge in [-0.2, -0.15) is 0 Å². The summed E-state index contributed by atoms with van der Waals surface area (Å²) < 4.78 is 0. The van der Waals surface area contributed by atoms with Crippen molar-refractivity contribution in [3.8, 4) is 0 Å². The number of amides is 3. The van der Waals surface area contributed by atoms with Crippen molar-refractivity contribution < 1.29 is 14.4 Å². The predicted octanol–water partition coefficient (Wildman–Crippen LogP) is 1.86. The molecule has 1 aliphatic heterocycles. The van der Waals surface area contributed by atoms with Gasteiger partial charge in [0.25, 0.3) is 5.91 Å². The van der Waals surface area contributed by atoms with Crippen molar-refractivity contribution in [3.63, 3.8) is 0 Å². The van der Waals surface area contributed by atoms with Gasteiger partial charge in [-0.15, -0.1) is 0 Å². The van der Waals surface area contributed by atoms with E-state index >= 15 is 0 Å². The maximum Gasteiger partial charge on any atom is 0.252 e. The van der Waals surface area contributed by atoms with E-state index in [1.165, 1.54) is 11.8 Å². The highest BCUT2D eigenvalue weighted by molar-refractivity contribution is 6.06. The number of nitrogens with zero attached hydrogens (tertiary/aromatic N) is 2. The average Bonchev–Trinajstić information content (AvgIpc) is 2.49. The van der Waals surface area contributed by atoms with Crippen molar-refractivity contribution >= 4 is 17.7 Å². The van der Waals surface area contributed by atoms with E-state index in [0.29, 0.717) is 12.8 Å². The van der Waals surface area contributed by atoms with E-state index in [4.69, 9.17) is 0 Å². The zero-order valence-corrected chi connectivity index (χ0v) is 14.2. The van der Waals surface area contributed by atoms with Crippen LogP contribution in [0.3, 0.4) is 0 Å². The largest absolute Gasteiger partial charge is 0.332 e. The van der Waals surface area contributed by atoms with Gasteiger partial charge >= 0.3 is 0 Å². The number of imide groups is 1. The zero-order valence-electron chi connectivity index (χ0n) is 14.2. The highest BCUT2D eigenvalue weighted by Gasteiger charge is 2.46. The maximum atomic E-state index is 12.8. The molecule has 0 aromatic heterocycles. The van der Waals surface area contributed by atoms with Gasteiger partial charge < -0.3 is 4.90 Å². The van der Waals surface area contributed by atoms with Crippen LogP contribution in [0.5, 0.6) is 0 Å². The van der Waals surface area contributed by atoms with Crippen molar-refractivity contribution in [2.45, 2.75) is 45.7 Å². The lowest BCUT2D eigenvalue weighted by molar-refractivity contribution is -0.166. The summed E-state index contributed by atoms with van der Waals surface area (Å²) in [7, 11) is 1.66. The fraction of sp³-hybridized carbons (Fsp3) is 0.500. The van der Waals surface area contributed by atoms with Gasteiger partial charge in [-0.1, -0.05) is 44.2 Å². The van der Waals surface area contributed by atoms with Gasteiger partial charge in [0.15, 0.2) is 0 Å². The molecule has 2 atom stereocenters. The highest BCUT2D eigenvalue weighted by atomic mass is 16.2. The molecule has 0 unspecified atom stereocenters. The quantitative estimate of drug-likeness (QED) is 0.852. The molecule has 124 valence electrons. The number of piperazine rings is 1. The molecular formula is C18H24N2O3. The molecule has 0 spiro atoms. The Morgan fingerprint density at radius 2 is 1.70 bits per heavy atom. The topological polar surface area (TPSA) is 57.7 Å². The summed E-state index contributed by atoms with van der Waals surface area (Å²) in [6.07, 6.45) is 0.909. The number of carbonyl (C=O) groups is 3. The smallest absolute Gasteiger partial charge is 0.252 e. The lowest BCUT2D eigenvalue weighted by Gasteiger charge is -2.42. The second-order valence-corrected chi connectivity index (χ2v) is 6.53. The minimum Gasteiger partial charge on any atom is -0.332 e. The van der Waals surface area contributed by atoms with Gasteiger partial charge in [0.1, 0.15) is 12.1 Å². The molecule has 5 nitrogen and oxygen atoms in total. The summed E-state index contributed by atoms with van der Waals surface area (Å²) >= 11 is 0. The standard InChI is InChI=1S/C18H24N2O3/c1-12(2)10-15-18(23)20(13(3)21)16(17(22)19(15)4)11-14-8-6-5-7-9-14/h5-9,12,15-16H,10-11H2,1-4H3/t15-,16-/m0/s1. The third kappa shape index (κ3) is 3.60. The predicted molar refractivity (Wildman–Crippen MR) is 87.5 cm³/mol. The Bertz CT molecular complexity index is 598. The van der Waals surface area contributed by atoms with Gasteiger partial charge in [-0.3, -0.25) is 19.3 Å². The molecule has 23 heavy (non-hydrogen) atoms. The first-order chi connectivity index (χ1) is 10.8. The van der Waals surface area contributed by atoms with Crippen LogP contribution in [0.2, 0.25) is 0 Å². The lowest BCUT2D eigenvalue weighted by atomic mass is 9.94. The molecular weight excluding hydrogens is 292 g/mol. The molecule has 0 bridgehead atoms. The monoisotopic (exact) mass is 316 g/mol. The first-order valence-corrected chi connectivity index (χ1v) is 7.97. The van der Waals surface area contributed by atoms with Crippen LogP contribution in [0.25, 0.3) is 0 Å². The van der Waals surface area contributed by atoms with Gasteiger partial charge in [0, 0.05) is 20.4 Å². The molecule has 1 heterocycles. The Morgan fingerprint density at radius 3 is 2.22 bits per heavy atom. The van der Waals surface area contributed by atoms with E-state index in [1.807, 2.05) is 44.2 Å². The number of likely N-dealkylation sites (N-methyl/N-ethyl adjacent to an activating group) is 1. The van der Waals surface area contributed by atoms with E-state index in [1.54, 1.807) is 7.05 Å². The molecule has 5 heteroatoms. The number of hydrogen-bond donors (Lipinski definition) is 0. The Labute approximate surface area is 137 Å². The minimum atomic E-state index is -0.754. The van der Waals surface area contributed by atoms with E-state index in [2.05, 4.69) is 0 Å².